The van der Waals surface area contributed by atoms with E-state index in [1.807, 2.05) is 9.80 Å². The van der Waals surface area contributed by atoms with Crippen molar-refractivity contribution in [1.82, 2.24) is 15.1 Å². The highest BCUT2D eigenvalue weighted by molar-refractivity contribution is 5.89. The molecule has 0 aromatic heterocycles. The van der Waals surface area contributed by atoms with Crippen LogP contribution in [-0.4, -0.2) is 73.1 Å². The molecular formula is C17H30ClN3O3. The van der Waals surface area contributed by atoms with E-state index in [-0.39, 0.29) is 36.2 Å². The topological polar surface area (TPSA) is 61.9 Å². The van der Waals surface area contributed by atoms with Gasteiger partial charge < -0.3 is 19.9 Å². The lowest BCUT2D eigenvalue weighted by Crippen LogP contribution is -2.57. The summed E-state index contributed by atoms with van der Waals surface area (Å²) >= 11 is 0. The first-order valence-corrected chi connectivity index (χ1v) is 9.07. The largest absolute Gasteiger partial charge is 0.378 e. The number of carbonyl (C=O) groups is 2. The molecule has 3 rings (SSSR count). The number of nitrogens with zero attached hydrogens (tertiary/aromatic N) is 2. The van der Waals surface area contributed by atoms with Gasteiger partial charge in [-0.15, -0.1) is 12.4 Å². The highest BCUT2D eigenvalue weighted by Gasteiger charge is 2.38. The molecule has 0 saturated carbocycles. The minimum atomic E-state index is -0.250. The Hall–Kier alpha value is -0.850. The molecule has 1 unspecified atom stereocenters. The third-order valence-corrected chi connectivity index (χ3v) is 5.37. The van der Waals surface area contributed by atoms with E-state index < -0.39 is 0 Å². The van der Waals surface area contributed by atoms with Gasteiger partial charge >= 0.3 is 0 Å². The molecule has 6 nitrogen and oxygen atoms in total. The summed E-state index contributed by atoms with van der Waals surface area (Å²) in [4.78, 5) is 29.7. The van der Waals surface area contributed by atoms with Crippen LogP contribution in [0.3, 0.4) is 0 Å². The zero-order valence-corrected chi connectivity index (χ0v) is 15.4. The zero-order valence-electron chi connectivity index (χ0n) is 14.5. The predicted octanol–water partition coefficient (Wildman–Crippen LogP) is 1.04. The Bertz CT molecular complexity index is 443. The quantitative estimate of drug-likeness (QED) is 0.800. The van der Waals surface area contributed by atoms with Crippen LogP contribution in [0.1, 0.15) is 39.0 Å². The first-order chi connectivity index (χ1) is 11.2. The number of hydrogen-bond acceptors (Lipinski definition) is 4. The molecule has 0 aromatic carbocycles. The molecule has 0 spiro atoms. The third-order valence-electron chi connectivity index (χ3n) is 5.37. The van der Waals surface area contributed by atoms with Gasteiger partial charge in [0.25, 0.3) is 0 Å². The number of carbonyl (C=O) groups excluding carboxylic acids is 2. The van der Waals surface area contributed by atoms with Crippen LogP contribution in [0.2, 0.25) is 0 Å². The van der Waals surface area contributed by atoms with E-state index in [2.05, 4.69) is 12.2 Å². The minimum absolute atomic E-state index is 0. The van der Waals surface area contributed by atoms with Crippen molar-refractivity contribution < 1.29 is 14.3 Å². The monoisotopic (exact) mass is 359 g/mol. The molecule has 3 aliphatic heterocycles. The van der Waals surface area contributed by atoms with Crippen molar-refractivity contribution in [3.63, 3.8) is 0 Å². The molecule has 2 amide bonds. The Morgan fingerprint density at radius 1 is 1.04 bits per heavy atom. The molecular weight excluding hydrogens is 330 g/mol. The first kappa shape index (κ1) is 19.5. The summed E-state index contributed by atoms with van der Waals surface area (Å²) in [5.41, 5.74) is 0. The van der Waals surface area contributed by atoms with Gasteiger partial charge in [0.15, 0.2) is 0 Å². The van der Waals surface area contributed by atoms with Gasteiger partial charge in [-0.25, -0.2) is 0 Å². The second kappa shape index (κ2) is 9.02. The number of piperidine rings is 2. The number of hydrogen-bond donors (Lipinski definition) is 1. The summed E-state index contributed by atoms with van der Waals surface area (Å²) in [6, 6.07) is 0.135. The van der Waals surface area contributed by atoms with Crippen molar-refractivity contribution in [2.45, 2.75) is 51.1 Å². The number of ether oxygens (including phenoxy) is 1. The van der Waals surface area contributed by atoms with Crippen molar-refractivity contribution in [2.75, 3.05) is 39.4 Å². The molecule has 7 heteroatoms. The summed E-state index contributed by atoms with van der Waals surface area (Å²) in [5, 5.41) is 3.40. The van der Waals surface area contributed by atoms with E-state index in [1.165, 1.54) is 0 Å². The van der Waals surface area contributed by atoms with Gasteiger partial charge in [0.1, 0.15) is 6.04 Å². The average Bonchev–Trinajstić information content (AvgIpc) is 2.61. The summed E-state index contributed by atoms with van der Waals surface area (Å²) in [5.74, 6) is 0.400. The molecule has 3 aliphatic rings. The van der Waals surface area contributed by atoms with Gasteiger partial charge in [0.05, 0.1) is 13.2 Å². The SMILES string of the molecule is C[C@H]1C[C@@H](C(=O)N2CCCCC2C(=O)N2CCOCC2)CCN1.Cl. The van der Waals surface area contributed by atoms with Crippen LogP contribution in [0.4, 0.5) is 0 Å². The number of amides is 2. The first-order valence-electron chi connectivity index (χ1n) is 9.07. The molecule has 3 heterocycles. The Morgan fingerprint density at radius 3 is 2.50 bits per heavy atom. The Kier molecular flexibility index (Phi) is 7.32. The lowest BCUT2D eigenvalue weighted by molar-refractivity contribution is -0.152. The Balaban J connectivity index is 0.00000208. The summed E-state index contributed by atoms with van der Waals surface area (Å²) in [7, 11) is 0. The molecule has 138 valence electrons. The van der Waals surface area contributed by atoms with E-state index >= 15 is 0 Å². The molecule has 3 saturated heterocycles. The second-order valence-electron chi connectivity index (χ2n) is 7.06. The molecule has 0 bridgehead atoms. The van der Waals surface area contributed by atoms with Gasteiger partial charge in [0, 0.05) is 31.6 Å². The second-order valence-corrected chi connectivity index (χ2v) is 7.06. The molecule has 1 N–H and O–H groups in total. The number of morpholine rings is 1. The maximum Gasteiger partial charge on any atom is 0.245 e. The fourth-order valence-electron chi connectivity index (χ4n) is 4.04. The van der Waals surface area contributed by atoms with Crippen LogP contribution < -0.4 is 5.32 Å². The highest BCUT2D eigenvalue weighted by atomic mass is 35.5. The van der Waals surface area contributed by atoms with Crippen molar-refractivity contribution in [1.29, 1.82) is 0 Å². The van der Waals surface area contributed by atoms with E-state index in [4.69, 9.17) is 4.74 Å². The van der Waals surface area contributed by atoms with Gasteiger partial charge in [-0.1, -0.05) is 0 Å². The normalized spacial score (nSPS) is 31.3. The number of likely N-dealkylation sites (tertiary alicyclic amines) is 1. The standard InChI is InChI=1S/C17H29N3O3.ClH/c1-13-12-14(5-6-18-13)16(21)20-7-3-2-4-15(20)17(22)19-8-10-23-11-9-19;/h13-15,18H,2-12H2,1H3;1H/t13-,14-,15?;/m0./s1. The average molecular weight is 360 g/mol. The van der Waals surface area contributed by atoms with Crippen molar-refractivity contribution >= 4 is 24.2 Å². The highest BCUT2D eigenvalue weighted by Crippen LogP contribution is 2.25. The molecule has 24 heavy (non-hydrogen) atoms. The van der Waals surface area contributed by atoms with E-state index in [1.54, 1.807) is 0 Å². The fourth-order valence-corrected chi connectivity index (χ4v) is 4.04. The smallest absolute Gasteiger partial charge is 0.245 e. The summed E-state index contributed by atoms with van der Waals surface area (Å²) in [6.07, 6.45) is 4.63. The predicted molar refractivity (Wildman–Crippen MR) is 94.2 cm³/mol. The van der Waals surface area contributed by atoms with Crippen LogP contribution in [0.25, 0.3) is 0 Å². The lowest BCUT2D eigenvalue weighted by atomic mass is 9.90. The summed E-state index contributed by atoms with van der Waals surface area (Å²) in [6.45, 7) is 6.29. The zero-order chi connectivity index (χ0) is 16.2. The van der Waals surface area contributed by atoms with Crippen molar-refractivity contribution in [3.8, 4) is 0 Å². The van der Waals surface area contributed by atoms with Crippen molar-refractivity contribution in [3.05, 3.63) is 0 Å². The maximum atomic E-state index is 13.0. The molecule has 3 atom stereocenters. The van der Waals surface area contributed by atoms with Crippen LogP contribution in [0.15, 0.2) is 0 Å². The van der Waals surface area contributed by atoms with E-state index in [9.17, 15) is 9.59 Å². The minimum Gasteiger partial charge on any atom is -0.378 e. The Labute approximate surface area is 150 Å². The van der Waals surface area contributed by atoms with E-state index in [0.29, 0.717) is 32.3 Å². The number of rotatable bonds is 2. The van der Waals surface area contributed by atoms with Gasteiger partial charge in [-0.05, 0) is 45.6 Å². The summed E-state index contributed by atoms with van der Waals surface area (Å²) < 4.78 is 5.34. The third kappa shape index (κ3) is 4.41. The number of halogens is 1. The van der Waals surface area contributed by atoms with Crippen molar-refractivity contribution in [2.24, 2.45) is 5.92 Å². The maximum absolute atomic E-state index is 13.0. The number of nitrogens with one attached hydrogen (secondary N) is 1. The molecule has 0 radical (unpaired) electrons. The van der Waals surface area contributed by atoms with Crippen LogP contribution in [-0.2, 0) is 14.3 Å². The van der Waals surface area contributed by atoms with E-state index in [0.717, 1.165) is 45.2 Å². The molecule has 0 aromatic rings. The van der Waals surface area contributed by atoms with Crippen LogP contribution >= 0.6 is 12.4 Å². The molecule has 3 fully saturated rings. The Morgan fingerprint density at radius 2 is 1.79 bits per heavy atom. The fraction of sp³-hybridized carbons (Fsp3) is 0.882. The lowest BCUT2D eigenvalue weighted by Gasteiger charge is -2.41. The van der Waals surface area contributed by atoms with Gasteiger partial charge in [-0.3, -0.25) is 9.59 Å². The van der Waals surface area contributed by atoms with Gasteiger partial charge in [-0.2, -0.15) is 0 Å². The van der Waals surface area contributed by atoms with Crippen LogP contribution in [0.5, 0.6) is 0 Å². The van der Waals surface area contributed by atoms with Gasteiger partial charge in [0.2, 0.25) is 11.8 Å². The molecule has 0 aliphatic carbocycles. The van der Waals surface area contributed by atoms with Crippen LogP contribution in [0, 0.1) is 5.92 Å².